The number of anilines is 1. The molecule has 0 bridgehead atoms. The molecular weight excluding hydrogens is 863 g/mol. The molecule has 2 aliphatic heterocycles. The maximum atomic E-state index is 13.1. The molecule has 1 fully saturated rings. The first-order valence-corrected chi connectivity index (χ1v) is 23.7. The summed E-state index contributed by atoms with van der Waals surface area (Å²) in [5.41, 5.74) is 4.88. The van der Waals surface area contributed by atoms with Crippen LogP contribution in [-0.2, 0) is 46.8 Å². The number of sulfone groups is 1. The van der Waals surface area contributed by atoms with Gasteiger partial charge in [-0.3, -0.25) is 19.7 Å². The van der Waals surface area contributed by atoms with E-state index in [1.54, 1.807) is 30.3 Å². The van der Waals surface area contributed by atoms with E-state index in [4.69, 9.17) is 28.4 Å². The monoisotopic (exact) mass is 913 g/mol. The van der Waals surface area contributed by atoms with Gasteiger partial charge in [0.2, 0.25) is 11.8 Å². The average molecular weight is 914 g/mol. The molecule has 0 aromatic heterocycles. The van der Waals surface area contributed by atoms with Gasteiger partial charge in [0.05, 0.1) is 44.5 Å². The lowest BCUT2D eigenvalue weighted by atomic mass is 9.99. The van der Waals surface area contributed by atoms with Gasteiger partial charge in [-0.25, -0.2) is 8.42 Å². The number of fused-ring (bicyclic) bond motifs is 2. The summed E-state index contributed by atoms with van der Waals surface area (Å²) in [6.07, 6.45) is 1.74. The van der Waals surface area contributed by atoms with Gasteiger partial charge in [0.25, 0.3) is 5.91 Å². The Balaban J connectivity index is 0.739. The van der Waals surface area contributed by atoms with Crippen molar-refractivity contribution in [3.05, 3.63) is 144 Å². The quantitative estimate of drug-likeness (QED) is 0.0507. The minimum atomic E-state index is -3.35. The van der Waals surface area contributed by atoms with E-state index in [9.17, 15) is 22.8 Å². The zero-order valence-corrected chi connectivity index (χ0v) is 37.3. The van der Waals surface area contributed by atoms with E-state index in [-0.39, 0.29) is 23.1 Å². The molecule has 66 heavy (non-hydrogen) atoms. The van der Waals surface area contributed by atoms with Crippen LogP contribution in [0.4, 0.5) is 5.69 Å². The second-order valence-corrected chi connectivity index (χ2v) is 17.9. The van der Waals surface area contributed by atoms with Crippen LogP contribution in [0.5, 0.6) is 23.0 Å². The Kier molecular flexibility index (Phi) is 14.9. The molecule has 0 aliphatic carbocycles. The third-order valence-electron chi connectivity index (χ3n) is 11.2. The zero-order valence-electron chi connectivity index (χ0n) is 36.5. The van der Waals surface area contributed by atoms with Crippen LogP contribution in [0.2, 0.25) is 0 Å². The van der Waals surface area contributed by atoms with E-state index < -0.39 is 21.8 Å². The fourth-order valence-corrected chi connectivity index (χ4v) is 8.37. The number of piperidine rings is 1. The number of rotatable bonds is 22. The molecule has 1 unspecified atom stereocenters. The molecule has 0 radical (unpaired) electrons. The summed E-state index contributed by atoms with van der Waals surface area (Å²) in [4.78, 5) is 38.7. The highest BCUT2D eigenvalue weighted by molar-refractivity contribution is 7.90. The van der Waals surface area contributed by atoms with Crippen molar-refractivity contribution in [2.75, 3.05) is 64.4 Å². The number of nitrogens with one attached hydrogen (secondary N) is 2. The summed E-state index contributed by atoms with van der Waals surface area (Å²) < 4.78 is 59.9. The molecule has 342 valence electrons. The number of carbonyl (C=O) groups is 3. The fourth-order valence-electron chi connectivity index (χ4n) is 7.74. The SMILES string of the molecule is CS(=O)(=O)c1ccc(-c2ccc3cc(OCc4ccccc4)ccc3c2Oc2ccc(OCCOCCOCCOCCNc3ccc4c(c3)C(=O)N(C3CCC(=O)NC3=O)C4)cc2)cc1. The summed E-state index contributed by atoms with van der Waals surface area (Å²) in [6.45, 7) is 4.13. The van der Waals surface area contributed by atoms with Gasteiger partial charge in [-0.2, -0.15) is 0 Å². The Morgan fingerprint density at radius 2 is 1.38 bits per heavy atom. The Hall–Kier alpha value is -6.78. The standard InChI is InChI=1S/C51H51N3O11S/c1-66(58,59)43-17-8-36(9-18-43)44-19-10-37-31-42(64-34-35-5-3-2-4-6-35)16-20-45(37)49(44)65-41-14-12-40(13-15-41)63-30-29-62-28-27-61-26-25-60-24-23-52-39-11-7-38-33-54(51(57)46(38)32-39)47-21-22-48(55)53-50(47)56/h2-20,31-32,47,52H,21-30,33-34H2,1H3,(H,53,55,56). The van der Waals surface area contributed by atoms with Gasteiger partial charge in [0.15, 0.2) is 9.84 Å². The van der Waals surface area contributed by atoms with Crippen molar-refractivity contribution < 1.29 is 51.2 Å². The van der Waals surface area contributed by atoms with E-state index >= 15 is 0 Å². The van der Waals surface area contributed by atoms with Gasteiger partial charge in [-0.05, 0) is 101 Å². The van der Waals surface area contributed by atoms with Gasteiger partial charge in [-0.1, -0.05) is 54.6 Å². The first-order chi connectivity index (χ1) is 32.1. The Morgan fingerprint density at radius 3 is 2.11 bits per heavy atom. The molecule has 0 spiro atoms. The second-order valence-electron chi connectivity index (χ2n) is 15.9. The van der Waals surface area contributed by atoms with E-state index in [0.717, 1.165) is 44.5 Å². The lowest BCUT2D eigenvalue weighted by Crippen LogP contribution is -2.52. The highest BCUT2D eigenvalue weighted by atomic mass is 32.2. The van der Waals surface area contributed by atoms with Gasteiger partial charge in [0, 0.05) is 48.0 Å². The molecule has 3 amide bonds. The van der Waals surface area contributed by atoms with Crippen molar-refractivity contribution in [1.29, 1.82) is 0 Å². The van der Waals surface area contributed by atoms with Crippen LogP contribution in [0.3, 0.4) is 0 Å². The van der Waals surface area contributed by atoms with Gasteiger partial charge >= 0.3 is 0 Å². The van der Waals surface area contributed by atoms with Crippen LogP contribution in [0, 0.1) is 0 Å². The van der Waals surface area contributed by atoms with Gasteiger partial charge in [0.1, 0.15) is 42.3 Å². The minimum absolute atomic E-state index is 0.208. The topological polar surface area (TPSA) is 168 Å². The van der Waals surface area contributed by atoms with Crippen LogP contribution in [0.1, 0.15) is 34.3 Å². The van der Waals surface area contributed by atoms with Crippen molar-refractivity contribution in [3.8, 4) is 34.1 Å². The highest BCUT2D eigenvalue weighted by Gasteiger charge is 2.39. The number of hydrogen-bond acceptors (Lipinski definition) is 12. The maximum Gasteiger partial charge on any atom is 0.255 e. The number of ether oxygens (including phenoxy) is 6. The first-order valence-electron chi connectivity index (χ1n) is 21.8. The van der Waals surface area contributed by atoms with Crippen molar-refractivity contribution in [3.63, 3.8) is 0 Å². The molecule has 2 N–H and O–H groups in total. The summed E-state index contributed by atoms with van der Waals surface area (Å²) in [5.74, 6) is 1.66. The molecule has 2 heterocycles. The third kappa shape index (κ3) is 11.7. The molecule has 6 aromatic carbocycles. The van der Waals surface area contributed by atoms with Crippen LogP contribution in [0.15, 0.2) is 132 Å². The molecule has 6 aromatic rings. The summed E-state index contributed by atoms with van der Waals surface area (Å²) in [5, 5.41) is 7.38. The Labute approximate surface area is 383 Å². The Morgan fingerprint density at radius 1 is 0.682 bits per heavy atom. The summed E-state index contributed by atoms with van der Waals surface area (Å²) in [6, 6.07) is 38.9. The number of hydrogen-bond donors (Lipinski definition) is 2. The first kappa shape index (κ1) is 45.8. The van der Waals surface area contributed by atoms with Crippen molar-refractivity contribution in [2.24, 2.45) is 0 Å². The number of nitrogens with zero attached hydrogens (tertiary/aromatic N) is 1. The summed E-state index contributed by atoms with van der Waals surface area (Å²) in [7, 11) is -3.35. The van der Waals surface area contributed by atoms with E-state index in [2.05, 4.69) is 10.6 Å². The largest absolute Gasteiger partial charge is 0.491 e. The van der Waals surface area contributed by atoms with Crippen LogP contribution >= 0.6 is 0 Å². The van der Waals surface area contributed by atoms with Crippen molar-refractivity contribution in [2.45, 2.75) is 36.9 Å². The highest BCUT2D eigenvalue weighted by Crippen LogP contribution is 2.41. The summed E-state index contributed by atoms with van der Waals surface area (Å²) >= 11 is 0. The minimum Gasteiger partial charge on any atom is -0.491 e. The molecule has 15 heteroatoms. The average Bonchev–Trinajstić information content (AvgIpc) is 3.64. The second kappa shape index (κ2) is 21.5. The third-order valence-corrected chi connectivity index (χ3v) is 12.3. The zero-order chi connectivity index (χ0) is 45.9. The normalized spacial score (nSPS) is 14.8. The predicted octanol–water partition coefficient (Wildman–Crippen LogP) is 7.58. The molecule has 0 saturated carbocycles. The predicted molar refractivity (Wildman–Crippen MR) is 249 cm³/mol. The molecule has 1 atom stereocenters. The van der Waals surface area contributed by atoms with Crippen molar-refractivity contribution in [1.82, 2.24) is 10.2 Å². The fraction of sp³-hybridized carbons (Fsp3) is 0.275. The lowest BCUT2D eigenvalue weighted by Gasteiger charge is -2.29. The molecule has 1 saturated heterocycles. The van der Waals surface area contributed by atoms with Gasteiger partial charge in [-0.15, -0.1) is 0 Å². The molecule has 2 aliphatic rings. The maximum absolute atomic E-state index is 13.1. The van der Waals surface area contributed by atoms with Crippen molar-refractivity contribution >= 4 is 44.0 Å². The van der Waals surface area contributed by atoms with Crippen LogP contribution < -0.4 is 24.8 Å². The van der Waals surface area contributed by atoms with E-state index in [0.29, 0.717) is 95.2 Å². The Bertz CT molecular complexity index is 2770. The number of imide groups is 1. The molecule has 8 rings (SSSR count). The van der Waals surface area contributed by atoms with Gasteiger partial charge < -0.3 is 38.6 Å². The lowest BCUT2D eigenvalue weighted by molar-refractivity contribution is -0.136. The smallest absolute Gasteiger partial charge is 0.255 e. The number of carbonyl (C=O) groups excluding carboxylic acids is 3. The van der Waals surface area contributed by atoms with Crippen LogP contribution in [0.25, 0.3) is 21.9 Å². The number of amides is 3. The molecule has 14 nitrogen and oxygen atoms in total. The molecular formula is C51H51N3O11S. The van der Waals surface area contributed by atoms with Crippen LogP contribution in [-0.4, -0.2) is 96.1 Å². The number of benzene rings is 6. The van der Waals surface area contributed by atoms with E-state index in [1.165, 1.54) is 11.2 Å². The van der Waals surface area contributed by atoms with E-state index in [1.807, 2.05) is 97.1 Å².